The molecule has 0 spiro atoms. The van der Waals surface area contributed by atoms with Crippen molar-refractivity contribution in [3.8, 4) is 0 Å². The molecular formula is C18H18N2. The Balaban J connectivity index is 1.93. The summed E-state index contributed by atoms with van der Waals surface area (Å²) in [6, 6.07) is 22.9. The number of nitrogens with two attached hydrogens (primary N) is 1. The zero-order valence-corrected chi connectivity index (χ0v) is 11.6. The van der Waals surface area contributed by atoms with Crippen LogP contribution in [-0.4, -0.2) is 7.05 Å². The highest BCUT2D eigenvalue weighted by Crippen LogP contribution is 2.23. The van der Waals surface area contributed by atoms with Gasteiger partial charge in [0.1, 0.15) is 0 Å². The van der Waals surface area contributed by atoms with Crippen LogP contribution in [0.4, 0.5) is 11.4 Å². The second-order valence-electron chi connectivity index (χ2n) is 5.09. The van der Waals surface area contributed by atoms with E-state index in [1.54, 1.807) is 0 Å². The summed E-state index contributed by atoms with van der Waals surface area (Å²) in [5.74, 6) is 0. The van der Waals surface area contributed by atoms with Gasteiger partial charge in [-0.05, 0) is 34.5 Å². The normalized spacial score (nSPS) is 10.7. The molecule has 100 valence electrons. The van der Waals surface area contributed by atoms with E-state index in [1.165, 1.54) is 16.3 Å². The minimum absolute atomic E-state index is 0.798. The fourth-order valence-electron chi connectivity index (χ4n) is 2.54. The number of nitrogen functional groups attached to an aromatic ring is 1. The standard InChI is InChI=1S/C18H18N2/c1-20(17-10-5-9-16(19)12-17)13-15-8-4-7-14-6-2-3-11-18(14)15/h2-12H,13,19H2,1H3. The van der Waals surface area contributed by atoms with Crippen molar-refractivity contribution < 1.29 is 0 Å². The first-order valence-electron chi connectivity index (χ1n) is 6.77. The molecule has 0 unspecified atom stereocenters. The molecule has 3 rings (SSSR count). The van der Waals surface area contributed by atoms with Crippen LogP contribution < -0.4 is 10.6 Å². The van der Waals surface area contributed by atoms with E-state index in [4.69, 9.17) is 5.73 Å². The molecule has 2 N–H and O–H groups in total. The summed E-state index contributed by atoms with van der Waals surface area (Å²) in [5.41, 5.74) is 9.12. The Labute approximate surface area is 119 Å². The Kier molecular flexibility index (Phi) is 3.30. The average Bonchev–Trinajstić information content (AvgIpc) is 2.47. The summed E-state index contributed by atoms with van der Waals surface area (Å²) < 4.78 is 0. The molecule has 0 amide bonds. The first-order chi connectivity index (χ1) is 9.74. The van der Waals surface area contributed by atoms with Gasteiger partial charge in [0.2, 0.25) is 0 Å². The van der Waals surface area contributed by atoms with E-state index in [2.05, 4.69) is 60.5 Å². The fraction of sp³-hybridized carbons (Fsp3) is 0.111. The number of hydrogen-bond donors (Lipinski definition) is 1. The van der Waals surface area contributed by atoms with E-state index in [0.717, 1.165) is 17.9 Å². The number of rotatable bonds is 3. The molecule has 2 heteroatoms. The number of anilines is 2. The largest absolute Gasteiger partial charge is 0.399 e. The SMILES string of the molecule is CN(Cc1cccc2ccccc12)c1cccc(N)c1. The molecule has 20 heavy (non-hydrogen) atoms. The van der Waals surface area contributed by atoms with E-state index in [9.17, 15) is 0 Å². The van der Waals surface area contributed by atoms with E-state index in [0.29, 0.717) is 0 Å². The van der Waals surface area contributed by atoms with Crippen molar-refractivity contribution in [2.75, 3.05) is 17.7 Å². The first kappa shape index (κ1) is 12.5. The maximum absolute atomic E-state index is 5.85. The molecule has 0 aromatic heterocycles. The Morgan fingerprint density at radius 1 is 0.900 bits per heavy atom. The van der Waals surface area contributed by atoms with Gasteiger partial charge in [-0.25, -0.2) is 0 Å². The van der Waals surface area contributed by atoms with Crippen LogP contribution in [0, 0.1) is 0 Å². The van der Waals surface area contributed by atoms with Crippen molar-refractivity contribution in [3.05, 3.63) is 72.3 Å². The van der Waals surface area contributed by atoms with Crippen LogP contribution in [0.15, 0.2) is 66.7 Å². The average molecular weight is 262 g/mol. The Hall–Kier alpha value is -2.48. The molecule has 0 saturated carbocycles. The van der Waals surface area contributed by atoms with Gasteiger partial charge in [0.25, 0.3) is 0 Å². The van der Waals surface area contributed by atoms with Gasteiger partial charge in [-0.15, -0.1) is 0 Å². The number of hydrogen-bond acceptors (Lipinski definition) is 2. The number of fused-ring (bicyclic) bond motifs is 1. The van der Waals surface area contributed by atoms with Crippen molar-refractivity contribution in [3.63, 3.8) is 0 Å². The molecule has 0 atom stereocenters. The molecule has 0 aliphatic rings. The monoisotopic (exact) mass is 262 g/mol. The van der Waals surface area contributed by atoms with Crippen molar-refractivity contribution in [1.29, 1.82) is 0 Å². The molecule has 3 aromatic carbocycles. The van der Waals surface area contributed by atoms with Crippen LogP contribution in [0.25, 0.3) is 10.8 Å². The Morgan fingerprint density at radius 2 is 1.65 bits per heavy atom. The third kappa shape index (κ3) is 2.45. The van der Waals surface area contributed by atoms with Crippen molar-refractivity contribution in [2.24, 2.45) is 0 Å². The zero-order chi connectivity index (χ0) is 13.9. The molecule has 0 aliphatic carbocycles. The van der Waals surface area contributed by atoms with Gasteiger partial charge < -0.3 is 10.6 Å². The number of nitrogens with zero attached hydrogens (tertiary/aromatic N) is 1. The molecular weight excluding hydrogens is 244 g/mol. The molecule has 0 saturated heterocycles. The van der Waals surface area contributed by atoms with Crippen LogP contribution in [0.1, 0.15) is 5.56 Å². The quantitative estimate of drug-likeness (QED) is 0.721. The highest BCUT2D eigenvalue weighted by molar-refractivity contribution is 5.85. The van der Waals surface area contributed by atoms with Crippen LogP contribution in [0.2, 0.25) is 0 Å². The third-order valence-corrected chi connectivity index (χ3v) is 3.60. The number of benzene rings is 3. The molecule has 3 aromatic rings. The van der Waals surface area contributed by atoms with Gasteiger partial charge in [-0.2, -0.15) is 0 Å². The minimum atomic E-state index is 0.798. The van der Waals surface area contributed by atoms with Crippen molar-refractivity contribution in [1.82, 2.24) is 0 Å². The van der Waals surface area contributed by atoms with Crippen LogP contribution >= 0.6 is 0 Å². The van der Waals surface area contributed by atoms with Crippen molar-refractivity contribution in [2.45, 2.75) is 6.54 Å². The van der Waals surface area contributed by atoms with Gasteiger partial charge in [-0.1, -0.05) is 48.5 Å². The van der Waals surface area contributed by atoms with E-state index in [1.807, 2.05) is 18.2 Å². The van der Waals surface area contributed by atoms with Crippen LogP contribution in [0.3, 0.4) is 0 Å². The van der Waals surface area contributed by atoms with E-state index < -0.39 is 0 Å². The molecule has 0 fully saturated rings. The lowest BCUT2D eigenvalue weighted by atomic mass is 10.0. The fourth-order valence-corrected chi connectivity index (χ4v) is 2.54. The predicted octanol–water partition coefficient (Wildman–Crippen LogP) is 4.06. The first-order valence-corrected chi connectivity index (χ1v) is 6.77. The molecule has 0 heterocycles. The van der Waals surface area contributed by atoms with Gasteiger partial charge in [0.15, 0.2) is 0 Å². The Morgan fingerprint density at radius 3 is 2.50 bits per heavy atom. The van der Waals surface area contributed by atoms with Gasteiger partial charge in [0.05, 0.1) is 0 Å². The maximum atomic E-state index is 5.85. The summed E-state index contributed by atoms with van der Waals surface area (Å²) in [4.78, 5) is 2.22. The highest BCUT2D eigenvalue weighted by Gasteiger charge is 2.05. The van der Waals surface area contributed by atoms with Crippen LogP contribution in [-0.2, 0) is 6.54 Å². The molecule has 0 radical (unpaired) electrons. The molecule has 0 aliphatic heterocycles. The van der Waals surface area contributed by atoms with Gasteiger partial charge >= 0.3 is 0 Å². The summed E-state index contributed by atoms with van der Waals surface area (Å²) in [6.45, 7) is 0.866. The lowest BCUT2D eigenvalue weighted by molar-refractivity contribution is 0.931. The maximum Gasteiger partial charge on any atom is 0.0432 e. The van der Waals surface area contributed by atoms with Crippen LogP contribution in [0.5, 0.6) is 0 Å². The van der Waals surface area contributed by atoms with Gasteiger partial charge in [0, 0.05) is 25.0 Å². The predicted molar refractivity (Wildman–Crippen MR) is 86.9 cm³/mol. The highest BCUT2D eigenvalue weighted by atomic mass is 15.1. The summed E-state index contributed by atoms with van der Waals surface area (Å²) in [6.07, 6.45) is 0. The lowest BCUT2D eigenvalue weighted by Crippen LogP contribution is -2.16. The van der Waals surface area contributed by atoms with E-state index in [-0.39, 0.29) is 0 Å². The Bertz CT molecular complexity index is 729. The topological polar surface area (TPSA) is 29.3 Å². The van der Waals surface area contributed by atoms with E-state index >= 15 is 0 Å². The zero-order valence-electron chi connectivity index (χ0n) is 11.6. The smallest absolute Gasteiger partial charge is 0.0432 e. The summed E-state index contributed by atoms with van der Waals surface area (Å²) in [7, 11) is 2.09. The summed E-state index contributed by atoms with van der Waals surface area (Å²) in [5, 5.41) is 2.59. The van der Waals surface area contributed by atoms with Crippen molar-refractivity contribution >= 4 is 22.1 Å². The minimum Gasteiger partial charge on any atom is -0.399 e. The second-order valence-corrected chi connectivity index (χ2v) is 5.09. The summed E-state index contributed by atoms with van der Waals surface area (Å²) >= 11 is 0. The molecule has 2 nitrogen and oxygen atoms in total. The third-order valence-electron chi connectivity index (χ3n) is 3.60. The molecule has 0 bridgehead atoms. The second kappa shape index (κ2) is 5.25. The van der Waals surface area contributed by atoms with Gasteiger partial charge in [-0.3, -0.25) is 0 Å². The lowest BCUT2D eigenvalue weighted by Gasteiger charge is -2.20.